The quantitative estimate of drug-likeness (QED) is 0.532. The average Bonchev–Trinajstić information content (AvgIpc) is 2.08. The number of rotatable bonds is 7. The van der Waals surface area contributed by atoms with Crippen LogP contribution in [0.15, 0.2) is 12.2 Å². The molecule has 3 heteroatoms. The summed E-state index contributed by atoms with van der Waals surface area (Å²) < 4.78 is 35.1. The highest BCUT2D eigenvalue weighted by Crippen LogP contribution is 2.23. The summed E-state index contributed by atoms with van der Waals surface area (Å²) in [5, 5.41) is 0. The van der Waals surface area contributed by atoms with Crippen molar-refractivity contribution in [2.45, 2.75) is 51.1 Å². The van der Waals surface area contributed by atoms with Crippen LogP contribution in [-0.4, -0.2) is 6.18 Å². The predicted octanol–water partition coefficient (Wildman–Crippen LogP) is 4.67. The molecular formula is C11H18F3. The zero-order valence-electron chi connectivity index (χ0n) is 8.45. The molecule has 0 aliphatic heterocycles. The number of unbranched alkanes of at least 4 members (excludes halogenated alkanes) is 5. The molecule has 83 valence electrons. The highest BCUT2D eigenvalue weighted by atomic mass is 19.4. The third kappa shape index (κ3) is 11.5. The van der Waals surface area contributed by atoms with Gasteiger partial charge < -0.3 is 0 Å². The van der Waals surface area contributed by atoms with Crippen molar-refractivity contribution < 1.29 is 13.2 Å². The van der Waals surface area contributed by atoms with E-state index >= 15 is 0 Å². The van der Waals surface area contributed by atoms with Crippen molar-refractivity contribution in [1.82, 2.24) is 0 Å². The van der Waals surface area contributed by atoms with Crippen LogP contribution in [0.2, 0.25) is 0 Å². The Morgan fingerprint density at radius 2 is 1.50 bits per heavy atom. The fourth-order valence-corrected chi connectivity index (χ4v) is 1.24. The molecule has 14 heavy (non-hydrogen) atoms. The third-order valence-electron chi connectivity index (χ3n) is 2.00. The summed E-state index contributed by atoms with van der Waals surface area (Å²) in [6.45, 7) is 3.55. The lowest BCUT2D eigenvalue weighted by molar-refractivity contribution is -0.135. The molecule has 0 nitrogen and oxygen atoms in total. The summed E-state index contributed by atoms with van der Waals surface area (Å²) in [5.41, 5.74) is 0. The van der Waals surface area contributed by atoms with Gasteiger partial charge in [-0.25, -0.2) is 0 Å². The molecule has 0 unspecified atom stereocenters. The van der Waals surface area contributed by atoms with Gasteiger partial charge in [0.2, 0.25) is 0 Å². The lowest BCUT2D eigenvalue weighted by atomic mass is 10.1. The SMILES string of the molecule is [CH2]C=CCCCCCCCC(F)(F)F. The Hall–Kier alpha value is -0.470. The summed E-state index contributed by atoms with van der Waals surface area (Å²) in [7, 11) is 0. The Labute approximate surface area is 84.2 Å². The number of allylic oxidation sites excluding steroid dienone is 2. The molecule has 0 saturated carbocycles. The first-order valence-corrected chi connectivity index (χ1v) is 5.07. The minimum absolute atomic E-state index is 0.272. The number of halogens is 3. The summed E-state index contributed by atoms with van der Waals surface area (Å²) in [6, 6.07) is 0. The minimum Gasteiger partial charge on any atom is -0.171 e. The van der Waals surface area contributed by atoms with Crippen molar-refractivity contribution in [3.8, 4) is 0 Å². The van der Waals surface area contributed by atoms with Crippen molar-refractivity contribution in [2.75, 3.05) is 0 Å². The van der Waals surface area contributed by atoms with Crippen LogP contribution >= 0.6 is 0 Å². The molecule has 0 amide bonds. The molecule has 0 aromatic heterocycles. The van der Waals surface area contributed by atoms with Gasteiger partial charge in [0.25, 0.3) is 0 Å². The Morgan fingerprint density at radius 1 is 0.929 bits per heavy atom. The number of hydrogen-bond acceptors (Lipinski definition) is 0. The van der Waals surface area contributed by atoms with Gasteiger partial charge in [0.05, 0.1) is 0 Å². The van der Waals surface area contributed by atoms with Crippen LogP contribution in [0.3, 0.4) is 0 Å². The molecule has 0 rings (SSSR count). The van der Waals surface area contributed by atoms with E-state index < -0.39 is 12.6 Å². The lowest BCUT2D eigenvalue weighted by Gasteiger charge is -2.04. The molecule has 0 fully saturated rings. The second-order valence-electron chi connectivity index (χ2n) is 3.39. The zero-order valence-corrected chi connectivity index (χ0v) is 8.45. The summed E-state index contributed by atoms with van der Waals surface area (Å²) in [6.07, 6.45) is 4.05. The Morgan fingerprint density at radius 3 is 2.07 bits per heavy atom. The van der Waals surface area contributed by atoms with Crippen LogP contribution in [0.4, 0.5) is 13.2 Å². The molecule has 0 heterocycles. The Kier molecular flexibility index (Phi) is 7.63. The van der Waals surface area contributed by atoms with Gasteiger partial charge >= 0.3 is 6.18 Å². The molecule has 0 atom stereocenters. The summed E-state index contributed by atoms with van der Waals surface area (Å²) in [5.74, 6) is 0. The topological polar surface area (TPSA) is 0 Å². The number of alkyl halides is 3. The van der Waals surface area contributed by atoms with E-state index in [0.29, 0.717) is 6.42 Å². The van der Waals surface area contributed by atoms with Crippen molar-refractivity contribution in [3.63, 3.8) is 0 Å². The lowest BCUT2D eigenvalue weighted by Crippen LogP contribution is -2.06. The van der Waals surface area contributed by atoms with E-state index in [1.807, 2.05) is 6.08 Å². The molecule has 0 bridgehead atoms. The second-order valence-corrected chi connectivity index (χ2v) is 3.39. The summed E-state index contributed by atoms with van der Waals surface area (Å²) in [4.78, 5) is 0. The molecule has 0 aliphatic carbocycles. The molecule has 1 radical (unpaired) electrons. The molecule has 0 N–H and O–H groups in total. The maximum absolute atomic E-state index is 11.7. The minimum atomic E-state index is -3.98. The van der Waals surface area contributed by atoms with Crippen LogP contribution in [-0.2, 0) is 0 Å². The molecule has 0 saturated heterocycles. The third-order valence-corrected chi connectivity index (χ3v) is 2.00. The fourth-order valence-electron chi connectivity index (χ4n) is 1.24. The smallest absolute Gasteiger partial charge is 0.171 e. The van der Waals surface area contributed by atoms with Gasteiger partial charge in [-0.3, -0.25) is 0 Å². The van der Waals surface area contributed by atoms with E-state index in [1.54, 1.807) is 6.08 Å². The molecule has 0 aromatic rings. The van der Waals surface area contributed by atoms with Gasteiger partial charge in [-0.05, 0) is 26.2 Å². The van der Waals surface area contributed by atoms with E-state index in [4.69, 9.17) is 0 Å². The molecular weight excluding hydrogens is 189 g/mol. The first-order valence-electron chi connectivity index (χ1n) is 5.07. The number of hydrogen-bond donors (Lipinski definition) is 0. The van der Waals surface area contributed by atoms with Crippen LogP contribution in [0, 0.1) is 6.92 Å². The van der Waals surface area contributed by atoms with Gasteiger partial charge in [-0.1, -0.05) is 31.4 Å². The largest absolute Gasteiger partial charge is 0.389 e. The molecule has 0 aromatic carbocycles. The van der Waals surface area contributed by atoms with E-state index in [9.17, 15) is 13.2 Å². The van der Waals surface area contributed by atoms with Gasteiger partial charge in [0.1, 0.15) is 0 Å². The van der Waals surface area contributed by atoms with Crippen molar-refractivity contribution in [1.29, 1.82) is 0 Å². The van der Waals surface area contributed by atoms with Gasteiger partial charge in [-0.15, -0.1) is 0 Å². The van der Waals surface area contributed by atoms with E-state index in [0.717, 1.165) is 25.7 Å². The van der Waals surface area contributed by atoms with E-state index in [-0.39, 0.29) is 6.42 Å². The van der Waals surface area contributed by atoms with Crippen molar-refractivity contribution in [3.05, 3.63) is 19.1 Å². The normalized spacial score (nSPS) is 12.6. The van der Waals surface area contributed by atoms with Gasteiger partial charge in [-0.2, -0.15) is 13.2 Å². The highest BCUT2D eigenvalue weighted by molar-refractivity contribution is 4.83. The van der Waals surface area contributed by atoms with Crippen LogP contribution in [0.1, 0.15) is 44.9 Å². The molecule has 0 spiro atoms. The van der Waals surface area contributed by atoms with Gasteiger partial charge in [0, 0.05) is 6.42 Å². The standard InChI is InChI=1S/C11H18F3/c1-2-3-4-5-6-7-8-9-10-11(12,13)14/h2-3H,1,4-10H2. The first-order chi connectivity index (χ1) is 6.56. The van der Waals surface area contributed by atoms with Crippen LogP contribution in [0.25, 0.3) is 0 Å². The Balaban J connectivity index is 3.07. The van der Waals surface area contributed by atoms with Gasteiger partial charge in [0.15, 0.2) is 0 Å². The monoisotopic (exact) mass is 207 g/mol. The van der Waals surface area contributed by atoms with Crippen LogP contribution in [0.5, 0.6) is 0 Å². The maximum atomic E-state index is 11.7. The van der Waals surface area contributed by atoms with Crippen molar-refractivity contribution >= 4 is 0 Å². The molecule has 0 aliphatic rings. The zero-order chi connectivity index (χ0) is 10.9. The fraction of sp³-hybridized carbons (Fsp3) is 0.727. The van der Waals surface area contributed by atoms with Crippen molar-refractivity contribution in [2.24, 2.45) is 0 Å². The average molecular weight is 207 g/mol. The predicted molar refractivity (Wildman–Crippen MR) is 52.9 cm³/mol. The second kappa shape index (κ2) is 7.89. The first kappa shape index (κ1) is 13.5. The van der Waals surface area contributed by atoms with E-state index in [2.05, 4.69) is 6.92 Å². The Bertz CT molecular complexity index is 147. The summed E-state index contributed by atoms with van der Waals surface area (Å²) >= 11 is 0. The highest BCUT2D eigenvalue weighted by Gasteiger charge is 2.25. The maximum Gasteiger partial charge on any atom is 0.389 e. The van der Waals surface area contributed by atoms with E-state index in [1.165, 1.54) is 0 Å². The van der Waals surface area contributed by atoms with Crippen LogP contribution < -0.4 is 0 Å².